The van der Waals surface area contributed by atoms with Crippen LogP contribution in [-0.2, 0) is 9.53 Å². The average Bonchev–Trinajstić information content (AvgIpc) is 2.97. The van der Waals surface area contributed by atoms with Gasteiger partial charge in [0.05, 0.1) is 17.7 Å². The van der Waals surface area contributed by atoms with Crippen molar-refractivity contribution in [2.45, 2.75) is 41.0 Å². The highest BCUT2D eigenvalue weighted by molar-refractivity contribution is 6.19. The monoisotopic (exact) mass is 549 g/mol. The van der Waals surface area contributed by atoms with Crippen LogP contribution in [0.1, 0.15) is 55.6 Å². The SMILES string of the molecule is C=C(N=C1C=CC=C/C1=C(/C)C(=O)Nc1ccc(C(=O)N(C)CCC(O/C=C\C)=C(C)C)cc1)c1ccccc1C. The summed E-state index contributed by atoms with van der Waals surface area (Å²) in [6, 6.07) is 14.8. The van der Waals surface area contributed by atoms with Gasteiger partial charge in [-0.05, 0) is 76.1 Å². The van der Waals surface area contributed by atoms with Gasteiger partial charge in [-0.25, -0.2) is 4.99 Å². The molecular formula is C35H39N3O3. The first-order chi connectivity index (χ1) is 19.6. The molecule has 0 heterocycles. The van der Waals surface area contributed by atoms with Crippen LogP contribution >= 0.6 is 0 Å². The van der Waals surface area contributed by atoms with Crippen LogP contribution in [0.15, 0.2) is 119 Å². The Balaban J connectivity index is 1.69. The summed E-state index contributed by atoms with van der Waals surface area (Å²) >= 11 is 0. The molecular weight excluding hydrogens is 510 g/mol. The predicted octanol–water partition coefficient (Wildman–Crippen LogP) is 7.79. The minimum Gasteiger partial charge on any atom is -0.470 e. The van der Waals surface area contributed by atoms with Crippen LogP contribution in [0.4, 0.5) is 5.69 Å². The van der Waals surface area contributed by atoms with Crippen molar-refractivity contribution in [1.82, 2.24) is 4.90 Å². The van der Waals surface area contributed by atoms with Gasteiger partial charge in [0.25, 0.3) is 11.8 Å². The van der Waals surface area contributed by atoms with Crippen LogP contribution in [0.2, 0.25) is 0 Å². The first-order valence-corrected chi connectivity index (χ1v) is 13.6. The molecule has 1 N–H and O–H groups in total. The Hall–Kier alpha value is -4.71. The predicted molar refractivity (Wildman–Crippen MR) is 170 cm³/mol. The number of aryl methyl sites for hydroxylation is 1. The fourth-order valence-corrected chi connectivity index (χ4v) is 4.20. The minimum absolute atomic E-state index is 0.103. The van der Waals surface area contributed by atoms with Crippen LogP contribution in [0.3, 0.4) is 0 Å². The Labute approximate surface area is 243 Å². The van der Waals surface area contributed by atoms with E-state index in [9.17, 15) is 9.59 Å². The number of benzene rings is 2. The Bertz CT molecular complexity index is 1480. The van der Waals surface area contributed by atoms with Gasteiger partial charge >= 0.3 is 0 Å². The van der Waals surface area contributed by atoms with E-state index in [0.29, 0.717) is 41.2 Å². The number of rotatable bonds is 10. The summed E-state index contributed by atoms with van der Waals surface area (Å²) in [6.45, 7) is 14.3. The molecule has 1 aliphatic carbocycles. The van der Waals surface area contributed by atoms with Crippen LogP contribution in [0, 0.1) is 6.92 Å². The first-order valence-electron chi connectivity index (χ1n) is 13.6. The molecule has 2 amide bonds. The van der Waals surface area contributed by atoms with E-state index in [0.717, 1.165) is 28.0 Å². The van der Waals surface area contributed by atoms with Crippen molar-refractivity contribution in [3.05, 3.63) is 131 Å². The van der Waals surface area contributed by atoms with E-state index >= 15 is 0 Å². The topological polar surface area (TPSA) is 71.0 Å². The fraction of sp³-hybridized carbons (Fsp3) is 0.229. The van der Waals surface area contributed by atoms with E-state index in [1.54, 1.807) is 49.4 Å². The molecule has 1 aliphatic rings. The molecule has 3 rings (SSSR count). The zero-order valence-electron chi connectivity index (χ0n) is 24.8. The van der Waals surface area contributed by atoms with E-state index < -0.39 is 0 Å². The molecule has 6 heteroatoms. The number of hydrogen-bond donors (Lipinski definition) is 1. The van der Waals surface area contributed by atoms with Gasteiger partial charge in [-0.2, -0.15) is 0 Å². The number of nitrogens with zero attached hydrogens (tertiary/aromatic N) is 2. The fourth-order valence-electron chi connectivity index (χ4n) is 4.20. The lowest BCUT2D eigenvalue weighted by atomic mass is 9.98. The van der Waals surface area contributed by atoms with Gasteiger partial charge < -0.3 is 15.0 Å². The molecule has 0 saturated heterocycles. The third-order valence-corrected chi connectivity index (χ3v) is 6.67. The standard InChI is InChI=1S/C35H39N3O3/c1-8-23-41-33(24(2)3)21-22-38(7)35(40)28-17-19-29(20-18-28)37-34(39)26(5)31-15-11-12-16-32(31)36-27(6)30-14-10-9-13-25(30)4/h8-20,23H,6,21-22H2,1-5,7H3,(H,37,39)/b23-8-,31-26+,36-32?. The van der Waals surface area contributed by atoms with Gasteiger partial charge in [0, 0.05) is 48.0 Å². The molecule has 41 heavy (non-hydrogen) atoms. The molecule has 0 atom stereocenters. The van der Waals surface area contributed by atoms with Crippen molar-refractivity contribution >= 4 is 28.9 Å². The van der Waals surface area contributed by atoms with Crippen molar-refractivity contribution in [3.63, 3.8) is 0 Å². The number of ether oxygens (including phenoxy) is 1. The van der Waals surface area contributed by atoms with Gasteiger partial charge in [-0.3, -0.25) is 9.59 Å². The third kappa shape index (κ3) is 8.39. The lowest BCUT2D eigenvalue weighted by Gasteiger charge is -2.19. The zero-order valence-corrected chi connectivity index (χ0v) is 24.8. The van der Waals surface area contributed by atoms with Crippen LogP contribution in [0.25, 0.3) is 5.70 Å². The average molecular weight is 550 g/mol. The Morgan fingerprint density at radius 1 is 1.02 bits per heavy atom. The highest BCUT2D eigenvalue weighted by Crippen LogP contribution is 2.23. The summed E-state index contributed by atoms with van der Waals surface area (Å²) in [6.07, 6.45) is 11.6. The Morgan fingerprint density at radius 2 is 1.71 bits per heavy atom. The van der Waals surface area contributed by atoms with Gasteiger partial charge in [0.2, 0.25) is 0 Å². The maximum atomic E-state index is 13.2. The summed E-state index contributed by atoms with van der Waals surface area (Å²) in [7, 11) is 1.77. The summed E-state index contributed by atoms with van der Waals surface area (Å²) in [5.41, 5.74) is 6.81. The molecule has 6 nitrogen and oxygen atoms in total. The summed E-state index contributed by atoms with van der Waals surface area (Å²) < 4.78 is 5.65. The lowest BCUT2D eigenvalue weighted by molar-refractivity contribution is -0.112. The van der Waals surface area contributed by atoms with Gasteiger partial charge in [-0.1, -0.05) is 55.1 Å². The second-order valence-electron chi connectivity index (χ2n) is 10.0. The smallest absolute Gasteiger partial charge is 0.253 e. The number of carbonyl (C=O) groups is 2. The van der Waals surface area contributed by atoms with E-state index in [1.807, 2.05) is 82.3 Å². The van der Waals surface area contributed by atoms with Crippen LogP contribution in [0.5, 0.6) is 0 Å². The molecule has 0 aromatic heterocycles. The zero-order chi connectivity index (χ0) is 29.9. The maximum Gasteiger partial charge on any atom is 0.253 e. The number of hydrogen-bond acceptors (Lipinski definition) is 4. The highest BCUT2D eigenvalue weighted by Gasteiger charge is 2.17. The van der Waals surface area contributed by atoms with E-state index in [1.165, 1.54) is 0 Å². The highest BCUT2D eigenvalue weighted by atomic mass is 16.5. The second kappa shape index (κ2) is 14.6. The van der Waals surface area contributed by atoms with Crippen molar-refractivity contribution in [1.29, 1.82) is 0 Å². The number of nitrogens with one attached hydrogen (secondary N) is 1. The van der Waals surface area contributed by atoms with Crippen LogP contribution < -0.4 is 5.32 Å². The number of carbonyl (C=O) groups excluding carboxylic acids is 2. The van der Waals surface area contributed by atoms with Crippen molar-refractivity contribution in [2.75, 3.05) is 18.9 Å². The van der Waals surface area contributed by atoms with Gasteiger partial charge in [0.1, 0.15) is 5.76 Å². The summed E-state index contributed by atoms with van der Waals surface area (Å²) in [5, 5.41) is 2.93. The lowest BCUT2D eigenvalue weighted by Crippen LogP contribution is -2.28. The largest absolute Gasteiger partial charge is 0.470 e. The Morgan fingerprint density at radius 3 is 2.37 bits per heavy atom. The van der Waals surface area contributed by atoms with Crippen molar-refractivity contribution in [2.24, 2.45) is 4.99 Å². The first kappa shape index (κ1) is 30.8. The van der Waals surface area contributed by atoms with E-state index in [2.05, 4.69) is 11.9 Å². The number of aliphatic imine (C=N–C) groups is 1. The van der Waals surface area contributed by atoms with E-state index in [4.69, 9.17) is 9.73 Å². The molecule has 2 aromatic rings. The number of anilines is 1. The normalized spacial score (nSPS) is 14.6. The molecule has 0 fully saturated rings. The molecule has 212 valence electrons. The molecule has 0 spiro atoms. The third-order valence-electron chi connectivity index (χ3n) is 6.67. The number of allylic oxidation sites excluding steroid dienone is 7. The van der Waals surface area contributed by atoms with Gasteiger partial charge in [0.15, 0.2) is 0 Å². The van der Waals surface area contributed by atoms with Gasteiger partial charge in [-0.15, -0.1) is 0 Å². The molecule has 2 aromatic carbocycles. The summed E-state index contributed by atoms with van der Waals surface area (Å²) in [5.74, 6) is 0.496. The minimum atomic E-state index is -0.249. The van der Waals surface area contributed by atoms with Crippen LogP contribution in [-0.4, -0.2) is 36.0 Å². The molecule has 0 aliphatic heterocycles. The van der Waals surface area contributed by atoms with Crippen molar-refractivity contribution < 1.29 is 14.3 Å². The maximum absolute atomic E-state index is 13.2. The molecule has 0 saturated carbocycles. The van der Waals surface area contributed by atoms with E-state index in [-0.39, 0.29) is 11.8 Å². The molecule has 0 bridgehead atoms. The summed E-state index contributed by atoms with van der Waals surface area (Å²) in [4.78, 5) is 32.5. The molecule has 0 unspecified atom stereocenters. The second-order valence-corrected chi connectivity index (χ2v) is 10.0. The number of amides is 2. The Kier molecular flexibility index (Phi) is 11.0. The van der Waals surface area contributed by atoms with Crippen molar-refractivity contribution in [3.8, 4) is 0 Å². The quantitative estimate of drug-likeness (QED) is 0.243. The molecule has 0 radical (unpaired) electrons.